The van der Waals surface area contributed by atoms with Crippen LogP contribution in [0.3, 0.4) is 0 Å². The van der Waals surface area contributed by atoms with E-state index in [0.29, 0.717) is 12.8 Å². The van der Waals surface area contributed by atoms with E-state index in [2.05, 4.69) is 13.8 Å². The van der Waals surface area contributed by atoms with Gasteiger partial charge in [-0.1, -0.05) is 65.2 Å². The first kappa shape index (κ1) is 19.0. The van der Waals surface area contributed by atoms with Gasteiger partial charge in [-0.15, -0.1) is 0 Å². The first-order chi connectivity index (χ1) is 10.6. The molecule has 0 bridgehead atoms. The summed E-state index contributed by atoms with van der Waals surface area (Å²) in [6.07, 6.45) is 12.3. The number of hydrogen-bond donors (Lipinski definition) is 0. The Hall–Kier alpha value is -1.06. The molecule has 0 unspecified atom stereocenters. The molecule has 1 aliphatic rings. The van der Waals surface area contributed by atoms with Gasteiger partial charge in [-0.05, 0) is 12.8 Å². The van der Waals surface area contributed by atoms with Gasteiger partial charge in [0.25, 0.3) is 5.79 Å². The van der Waals surface area contributed by atoms with Gasteiger partial charge in [0.05, 0.1) is 0 Å². The molecule has 128 valence electrons. The second-order valence-corrected chi connectivity index (χ2v) is 6.36. The van der Waals surface area contributed by atoms with E-state index in [9.17, 15) is 9.59 Å². The van der Waals surface area contributed by atoms with Crippen LogP contribution in [0.5, 0.6) is 0 Å². The highest BCUT2D eigenvalue weighted by Crippen LogP contribution is 2.32. The van der Waals surface area contributed by atoms with E-state index >= 15 is 0 Å². The van der Waals surface area contributed by atoms with Crippen molar-refractivity contribution in [1.29, 1.82) is 0 Å². The quantitative estimate of drug-likeness (QED) is 0.292. The fraction of sp³-hybridized carbons (Fsp3) is 0.889. The van der Waals surface area contributed by atoms with Crippen molar-refractivity contribution in [3.05, 3.63) is 0 Å². The van der Waals surface area contributed by atoms with Crippen molar-refractivity contribution in [3.63, 3.8) is 0 Å². The highest BCUT2D eigenvalue weighted by atomic mass is 16.7. The molecule has 0 aromatic rings. The molecule has 1 fully saturated rings. The number of unbranched alkanes of at least 4 members (excludes halogenated alkanes) is 8. The normalized spacial score (nSPS) is 17.2. The molecular weight excluding hydrogens is 280 g/mol. The van der Waals surface area contributed by atoms with E-state index in [1.54, 1.807) is 0 Å². The molecule has 0 aromatic heterocycles. The maximum Gasteiger partial charge on any atom is 0.320 e. The topological polar surface area (TPSA) is 52.6 Å². The lowest BCUT2D eigenvalue weighted by atomic mass is 9.98. The monoisotopic (exact) mass is 312 g/mol. The van der Waals surface area contributed by atoms with Crippen molar-refractivity contribution < 1.29 is 19.1 Å². The van der Waals surface area contributed by atoms with Crippen LogP contribution >= 0.6 is 0 Å². The van der Waals surface area contributed by atoms with E-state index in [4.69, 9.17) is 9.47 Å². The Morgan fingerprint density at radius 3 is 1.55 bits per heavy atom. The van der Waals surface area contributed by atoms with E-state index in [-0.39, 0.29) is 6.42 Å². The Morgan fingerprint density at radius 1 is 0.727 bits per heavy atom. The number of esters is 2. The van der Waals surface area contributed by atoms with Crippen LogP contribution in [0.1, 0.15) is 97.3 Å². The fourth-order valence-electron chi connectivity index (χ4n) is 2.95. The first-order valence-corrected chi connectivity index (χ1v) is 9.05. The van der Waals surface area contributed by atoms with Gasteiger partial charge in [0.15, 0.2) is 0 Å². The maximum absolute atomic E-state index is 11.6. The summed E-state index contributed by atoms with van der Waals surface area (Å²) in [4.78, 5) is 23.3. The van der Waals surface area contributed by atoms with Crippen LogP contribution in [0.15, 0.2) is 0 Å². The zero-order valence-corrected chi connectivity index (χ0v) is 14.3. The molecule has 4 nitrogen and oxygen atoms in total. The van der Waals surface area contributed by atoms with Crippen molar-refractivity contribution in [2.75, 3.05) is 0 Å². The highest BCUT2D eigenvalue weighted by molar-refractivity contribution is 5.93. The molecule has 1 aliphatic heterocycles. The van der Waals surface area contributed by atoms with Crippen LogP contribution < -0.4 is 0 Å². The third kappa shape index (κ3) is 7.28. The Bertz CT molecular complexity index is 306. The predicted molar refractivity (Wildman–Crippen MR) is 86.3 cm³/mol. The molecule has 0 N–H and O–H groups in total. The minimum Gasteiger partial charge on any atom is -0.422 e. The van der Waals surface area contributed by atoms with E-state index in [1.165, 1.54) is 38.5 Å². The predicted octanol–water partition coefficient (Wildman–Crippen LogP) is 4.89. The average molecular weight is 312 g/mol. The Balaban J connectivity index is 2.45. The summed E-state index contributed by atoms with van der Waals surface area (Å²) in [7, 11) is 0. The van der Waals surface area contributed by atoms with Crippen LogP contribution in [0, 0.1) is 0 Å². The molecular formula is C18H32O4. The molecule has 1 heterocycles. The molecule has 0 atom stereocenters. The maximum atomic E-state index is 11.6. The molecule has 0 saturated carbocycles. The summed E-state index contributed by atoms with van der Waals surface area (Å²) in [6, 6.07) is 0. The van der Waals surface area contributed by atoms with Gasteiger partial charge in [-0.2, -0.15) is 0 Å². The van der Waals surface area contributed by atoms with Gasteiger partial charge in [-0.3, -0.25) is 9.59 Å². The summed E-state index contributed by atoms with van der Waals surface area (Å²) >= 11 is 0. The summed E-state index contributed by atoms with van der Waals surface area (Å²) in [6.45, 7) is 4.37. The molecule has 22 heavy (non-hydrogen) atoms. The van der Waals surface area contributed by atoms with Crippen molar-refractivity contribution in [1.82, 2.24) is 0 Å². The van der Waals surface area contributed by atoms with Crippen molar-refractivity contribution in [2.24, 2.45) is 0 Å². The number of carbonyl (C=O) groups is 2. The van der Waals surface area contributed by atoms with Crippen LogP contribution in [0.25, 0.3) is 0 Å². The molecule has 0 radical (unpaired) electrons. The van der Waals surface area contributed by atoms with Gasteiger partial charge in [0.2, 0.25) is 0 Å². The highest BCUT2D eigenvalue weighted by Gasteiger charge is 2.42. The minimum absolute atomic E-state index is 0.243. The summed E-state index contributed by atoms with van der Waals surface area (Å²) in [5.41, 5.74) is 0. The third-order valence-corrected chi connectivity index (χ3v) is 4.21. The van der Waals surface area contributed by atoms with Crippen LogP contribution in [-0.2, 0) is 19.1 Å². The largest absolute Gasteiger partial charge is 0.422 e. The van der Waals surface area contributed by atoms with Crippen molar-refractivity contribution in [2.45, 2.75) is 103 Å². The lowest BCUT2D eigenvalue weighted by Crippen LogP contribution is -2.45. The third-order valence-electron chi connectivity index (χ3n) is 4.21. The van der Waals surface area contributed by atoms with Gasteiger partial charge >= 0.3 is 11.9 Å². The van der Waals surface area contributed by atoms with Crippen molar-refractivity contribution in [3.8, 4) is 0 Å². The Morgan fingerprint density at radius 2 is 1.14 bits per heavy atom. The van der Waals surface area contributed by atoms with Crippen LogP contribution in [0.2, 0.25) is 0 Å². The number of ether oxygens (including phenoxy) is 2. The molecule has 0 amide bonds. The molecule has 0 aromatic carbocycles. The zero-order chi connectivity index (χ0) is 16.3. The number of rotatable bonds is 12. The molecule has 4 heteroatoms. The standard InChI is InChI=1S/C18H32O4/c1-3-5-7-9-11-13-18(14-12-10-8-6-4-2)21-16(19)15-17(20)22-18/h3-15H2,1-2H3. The fourth-order valence-corrected chi connectivity index (χ4v) is 2.95. The molecule has 0 spiro atoms. The first-order valence-electron chi connectivity index (χ1n) is 9.05. The lowest BCUT2D eigenvalue weighted by Gasteiger charge is -2.36. The number of carbonyl (C=O) groups excluding carboxylic acids is 2. The lowest BCUT2D eigenvalue weighted by molar-refractivity contribution is -0.249. The summed E-state index contributed by atoms with van der Waals surface area (Å²) in [5, 5.41) is 0. The van der Waals surface area contributed by atoms with Gasteiger partial charge < -0.3 is 9.47 Å². The Labute approximate surface area is 134 Å². The number of cyclic esters (lactones) is 2. The molecule has 1 saturated heterocycles. The second kappa shape index (κ2) is 10.6. The SMILES string of the molecule is CCCCCCCC1(CCCCCCC)OC(=O)CC(=O)O1. The number of hydrogen-bond acceptors (Lipinski definition) is 4. The van der Waals surface area contributed by atoms with E-state index in [0.717, 1.165) is 25.7 Å². The summed E-state index contributed by atoms with van der Waals surface area (Å²) in [5.74, 6) is -1.85. The van der Waals surface area contributed by atoms with Gasteiger partial charge in [0.1, 0.15) is 6.42 Å². The smallest absolute Gasteiger partial charge is 0.320 e. The second-order valence-electron chi connectivity index (χ2n) is 6.36. The van der Waals surface area contributed by atoms with Crippen LogP contribution in [-0.4, -0.2) is 17.7 Å². The zero-order valence-electron chi connectivity index (χ0n) is 14.3. The average Bonchev–Trinajstić information content (AvgIpc) is 2.46. The van der Waals surface area contributed by atoms with Crippen LogP contribution in [0.4, 0.5) is 0 Å². The van der Waals surface area contributed by atoms with E-state index in [1.807, 2.05) is 0 Å². The minimum atomic E-state index is -0.981. The summed E-state index contributed by atoms with van der Waals surface area (Å²) < 4.78 is 11.0. The van der Waals surface area contributed by atoms with Gasteiger partial charge in [-0.25, -0.2) is 0 Å². The van der Waals surface area contributed by atoms with E-state index < -0.39 is 17.7 Å². The Kier molecular flexibility index (Phi) is 9.17. The van der Waals surface area contributed by atoms with Crippen molar-refractivity contribution >= 4 is 11.9 Å². The molecule has 1 rings (SSSR count). The molecule has 0 aliphatic carbocycles. The van der Waals surface area contributed by atoms with Gasteiger partial charge in [0, 0.05) is 12.8 Å².